The van der Waals surface area contributed by atoms with Crippen molar-refractivity contribution in [2.45, 2.75) is 34.1 Å². The first-order valence-electron chi connectivity index (χ1n) is 4.98. The van der Waals surface area contributed by atoms with Gasteiger partial charge in [0.1, 0.15) is 5.78 Å². The summed E-state index contributed by atoms with van der Waals surface area (Å²) in [5.74, 6) is 0.249. The lowest BCUT2D eigenvalue weighted by atomic mass is 9.82. The molecule has 0 saturated heterocycles. The SMILES string of the molecule is CC(=O)C(C)(C)Cc1cccc(C)c1. The number of hydrogen-bond donors (Lipinski definition) is 0. The third-order valence-electron chi connectivity index (χ3n) is 2.68. The fourth-order valence-electron chi connectivity index (χ4n) is 1.46. The van der Waals surface area contributed by atoms with Crippen LogP contribution in [0.15, 0.2) is 24.3 Å². The van der Waals surface area contributed by atoms with Gasteiger partial charge in [0, 0.05) is 5.41 Å². The molecule has 1 heteroatoms. The van der Waals surface area contributed by atoms with Crippen molar-refractivity contribution >= 4 is 5.78 Å². The lowest BCUT2D eigenvalue weighted by molar-refractivity contribution is -0.124. The smallest absolute Gasteiger partial charge is 0.135 e. The molecule has 0 aliphatic carbocycles. The van der Waals surface area contributed by atoms with E-state index < -0.39 is 0 Å². The van der Waals surface area contributed by atoms with Crippen molar-refractivity contribution in [1.82, 2.24) is 0 Å². The van der Waals surface area contributed by atoms with E-state index >= 15 is 0 Å². The molecule has 0 heterocycles. The fourth-order valence-corrected chi connectivity index (χ4v) is 1.46. The number of benzene rings is 1. The van der Waals surface area contributed by atoms with Gasteiger partial charge in [0.15, 0.2) is 0 Å². The molecule has 0 unspecified atom stereocenters. The fraction of sp³-hybridized carbons (Fsp3) is 0.462. The molecule has 1 rings (SSSR count). The second-order valence-corrected chi connectivity index (χ2v) is 4.61. The molecule has 14 heavy (non-hydrogen) atoms. The van der Waals surface area contributed by atoms with Gasteiger partial charge in [-0.25, -0.2) is 0 Å². The number of carbonyl (C=O) groups excluding carboxylic acids is 1. The van der Waals surface area contributed by atoms with E-state index in [9.17, 15) is 4.79 Å². The minimum Gasteiger partial charge on any atom is -0.299 e. The molecule has 0 amide bonds. The second kappa shape index (κ2) is 3.95. The second-order valence-electron chi connectivity index (χ2n) is 4.61. The Morgan fingerprint density at radius 3 is 2.50 bits per heavy atom. The monoisotopic (exact) mass is 190 g/mol. The van der Waals surface area contributed by atoms with Crippen molar-refractivity contribution in [3.63, 3.8) is 0 Å². The molecule has 0 fully saturated rings. The van der Waals surface area contributed by atoms with Crippen LogP contribution in [0.2, 0.25) is 0 Å². The maximum Gasteiger partial charge on any atom is 0.135 e. The van der Waals surface area contributed by atoms with Gasteiger partial charge in [0.25, 0.3) is 0 Å². The highest BCUT2D eigenvalue weighted by Crippen LogP contribution is 2.23. The van der Waals surface area contributed by atoms with Crippen molar-refractivity contribution in [2.24, 2.45) is 5.41 Å². The van der Waals surface area contributed by atoms with Gasteiger partial charge in [0.05, 0.1) is 0 Å². The molecule has 1 aromatic carbocycles. The summed E-state index contributed by atoms with van der Waals surface area (Å²) in [6.45, 7) is 7.73. The molecule has 1 aromatic rings. The molecule has 0 aliphatic heterocycles. The molecule has 0 aliphatic rings. The first-order valence-corrected chi connectivity index (χ1v) is 4.98. The predicted octanol–water partition coefficient (Wildman–Crippen LogP) is 3.15. The van der Waals surface area contributed by atoms with Crippen LogP contribution >= 0.6 is 0 Å². The molecule has 76 valence electrons. The third-order valence-corrected chi connectivity index (χ3v) is 2.68. The van der Waals surface area contributed by atoms with Crippen molar-refractivity contribution in [3.05, 3.63) is 35.4 Å². The molecular formula is C13H18O. The number of ketones is 1. The van der Waals surface area contributed by atoms with Gasteiger partial charge in [-0.2, -0.15) is 0 Å². The molecule has 0 spiro atoms. The summed E-state index contributed by atoms with van der Waals surface area (Å²) in [4.78, 5) is 11.4. The van der Waals surface area contributed by atoms with Crippen LogP contribution in [0.4, 0.5) is 0 Å². The predicted molar refractivity (Wildman–Crippen MR) is 59.3 cm³/mol. The van der Waals surface area contributed by atoms with Crippen LogP contribution in [-0.4, -0.2) is 5.78 Å². The van der Waals surface area contributed by atoms with E-state index in [1.165, 1.54) is 11.1 Å². The Morgan fingerprint density at radius 2 is 2.00 bits per heavy atom. The van der Waals surface area contributed by atoms with E-state index in [1.807, 2.05) is 19.9 Å². The summed E-state index contributed by atoms with van der Waals surface area (Å²) in [5.41, 5.74) is 2.25. The van der Waals surface area contributed by atoms with Gasteiger partial charge in [-0.3, -0.25) is 4.79 Å². The Morgan fingerprint density at radius 1 is 1.36 bits per heavy atom. The number of hydrogen-bond acceptors (Lipinski definition) is 1. The number of rotatable bonds is 3. The Kier molecular flexibility index (Phi) is 3.10. The maximum absolute atomic E-state index is 11.4. The van der Waals surface area contributed by atoms with Crippen LogP contribution in [-0.2, 0) is 11.2 Å². The summed E-state index contributed by atoms with van der Waals surface area (Å²) in [7, 11) is 0. The number of aryl methyl sites for hydroxylation is 1. The van der Waals surface area contributed by atoms with Crippen LogP contribution in [0, 0.1) is 12.3 Å². The largest absolute Gasteiger partial charge is 0.299 e. The normalized spacial score (nSPS) is 11.4. The third kappa shape index (κ3) is 2.69. The van der Waals surface area contributed by atoms with E-state index in [1.54, 1.807) is 6.92 Å². The van der Waals surface area contributed by atoms with Gasteiger partial charge in [-0.1, -0.05) is 43.7 Å². The molecule has 0 atom stereocenters. The molecular weight excluding hydrogens is 172 g/mol. The van der Waals surface area contributed by atoms with Gasteiger partial charge in [-0.05, 0) is 25.8 Å². The minimum absolute atomic E-state index is 0.242. The van der Waals surface area contributed by atoms with E-state index in [0.29, 0.717) is 0 Å². The molecule has 0 saturated carbocycles. The standard InChI is InChI=1S/C13H18O/c1-10-6-5-7-12(8-10)9-13(3,4)11(2)14/h5-8H,9H2,1-4H3. The summed E-state index contributed by atoms with van der Waals surface area (Å²) >= 11 is 0. The van der Waals surface area contributed by atoms with Crippen molar-refractivity contribution in [3.8, 4) is 0 Å². The van der Waals surface area contributed by atoms with Gasteiger partial charge in [0.2, 0.25) is 0 Å². The number of carbonyl (C=O) groups is 1. The Balaban J connectivity index is 2.83. The summed E-state index contributed by atoms with van der Waals surface area (Å²) < 4.78 is 0. The first-order chi connectivity index (χ1) is 6.42. The molecule has 0 radical (unpaired) electrons. The Labute approximate surface area is 86.1 Å². The zero-order chi connectivity index (χ0) is 10.8. The molecule has 0 bridgehead atoms. The lowest BCUT2D eigenvalue weighted by Crippen LogP contribution is -2.24. The summed E-state index contributed by atoms with van der Waals surface area (Å²) in [6.07, 6.45) is 0.823. The number of Topliss-reactive ketones (excluding diaryl/α,β-unsaturated/α-hetero) is 1. The Hall–Kier alpha value is -1.11. The molecule has 0 N–H and O–H groups in total. The molecule has 0 aromatic heterocycles. The first kappa shape index (κ1) is 11.0. The Bertz CT molecular complexity index is 337. The van der Waals surface area contributed by atoms with Gasteiger partial charge in [-0.15, -0.1) is 0 Å². The van der Waals surface area contributed by atoms with E-state index in [-0.39, 0.29) is 11.2 Å². The van der Waals surface area contributed by atoms with Crippen molar-refractivity contribution in [1.29, 1.82) is 0 Å². The van der Waals surface area contributed by atoms with Crippen LogP contribution in [0.1, 0.15) is 31.9 Å². The van der Waals surface area contributed by atoms with E-state index in [2.05, 4.69) is 25.1 Å². The van der Waals surface area contributed by atoms with Crippen LogP contribution in [0.25, 0.3) is 0 Å². The van der Waals surface area contributed by atoms with Crippen LogP contribution in [0.5, 0.6) is 0 Å². The van der Waals surface area contributed by atoms with Crippen molar-refractivity contribution < 1.29 is 4.79 Å². The van der Waals surface area contributed by atoms with Crippen LogP contribution in [0.3, 0.4) is 0 Å². The highest BCUT2D eigenvalue weighted by atomic mass is 16.1. The van der Waals surface area contributed by atoms with Crippen LogP contribution < -0.4 is 0 Å². The average Bonchev–Trinajstić information content (AvgIpc) is 2.02. The molecule has 1 nitrogen and oxygen atoms in total. The quantitative estimate of drug-likeness (QED) is 0.715. The van der Waals surface area contributed by atoms with E-state index in [4.69, 9.17) is 0 Å². The highest BCUT2D eigenvalue weighted by Gasteiger charge is 2.23. The topological polar surface area (TPSA) is 17.1 Å². The van der Waals surface area contributed by atoms with Gasteiger partial charge >= 0.3 is 0 Å². The summed E-state index contributed by atoms with van der Waals surface area (Å²) in [5, 5.41) is 0. The lowest BCUT2D eigenvalue weighted by Gasteiger charge is -2.21. The van der Waals surface area contributed by atoms with Crippen molar-refractivity contribution in [2.75, 3.05) is 0 Å². The zero-order valence-corrected chi connectivity index (χ0v) is 9.42. The van der Waals surface area contributed by atoms with E-state index in [0.717, 1.165) is 6.42 Å². The maximum atomic E-state index is 11.4. The minimum atomic E-state index is -0.242. The summed E-state index contributed by atoms with van der Waals surface area (Å²) in [6, 6.07) is 8.34. The van der Waals surface area contributed by atoms with Gasteiger partial charge < -0.3 is 0 Å². The zero-order valence-electron chi connectivity index (χ0n) is 9.42. The highest BCUT2D eigenvalue weighted by molar-refractivity contribution is 5.81. The average molecular weight is 190 g/mol.